The molecule has 0 amide bonds. The Kier molecular flexibility index (Phi) is 8.08. The van der Waals surface area contributed by atoms with Crippen LogP contribution >= 0.6 is 0 Å². The van der Waals surface area contributed by atoms with Gasteiger partial charge < -0.3 is 19.7 Å². The van der Waals surface area contributed by atoms with Gasteiger partial charge >= 0.3 is 0 Å². The van der Waals surface area contributed by atoms with Crippen molar-refractivity contribution in [1.29, 1.82) is 0 Å². The molecule has 0 aliphatic carbocycles. The molecule has 0 aromatic rings. The first-order valence-corrected chi connectivity index (χ1v) is 5.15. The number of aliphatic hydroxyl groups is 2. The highest BCUT2D eigenvalue weighted by Gasteiger charge is 2.08. The van der Waals surface area contributed by atoms with Crippen molar-refractivity contribution in [2.24, 2.45) is 0 Å². The molecule has 0 aliphatic rings. The molecule has 0 bridgehead atoms. The first-order chi connectivity index (χ1) is 6.56. The SMILES string of the molecule is CCC(O)OC(C)COCCC(C)O. The minimum Gasteiger partial charge on any atom is -0.393 e. The molecule has 0 fully saturated rings. The van der Waals surface area contributed by atoms with Crippen LogP contribution in [-0.2, 0) is 9.47 Å². The monoisotopic (exact) mass is 206 g/mol. The van der Waals surface area contributed by atoms with E-state index in [1.54, 1.807) is 6.92 Å². The predicted octanol–water partition coefficient (Wildman–Crippen LogP) is 0.907. The summed E-state index contributed by atoms with van der Waals surface area (Å²) in [6, 6.07) is 0. The van der Waals surface area contributed by atoms with Gasteiger partial charge in [-0.2, -0.15) is 0 Å². The molecule has 0 saturated heterocycles. The molecule has 0 aromatic carbocycles. The Balaban J connectivity index is 3.30. The van der Waals surface area contributed by atoms with Gasteiger partial charge in [-0.3, -0.25) is 0 Å². The maximum Gasteiger partial charge on any atom is 0.154 e. The van der Waals surface area contributed by atoms with E-state index in [1.165, 1.54) is 0 Å². The smallest absolute Gasteiger partial charge is 0.154 e. The van der Waals surface area contributed by atoms with Crippen LogP contribution in [0, 0.1) is 0 Å². The van der Waals surface area contributed by atoms with Crippen molar-refractivity contribution in [3.8, 4) is 0 Å². The molecule has 14 heavy (non-hydrogen) atoms. The van der Waals surface area contributed by atoms with Crippen LogP contribution in [0.25, 0.3) is 0 Å². The molecule has 0 heterocycles. The van der Waals surface area contributed by atoms with E-state index in [0.717, 1.165) is 0 Å². The summed E-state index contributed by atoms with van der Waals surface area (Å²) in [7, 11) is 0. The Morgan fingerprint density at radius 1 is 1.21 bits per heavy atom. The van der Waals surface area contributed by atoms with Gasteiger partial charge in [0.2, 0.25) is 0 Å². The lowest BCUT2D eigenvalue weighted by atomic mass is 10.3. The second-order valence-corrected chi connectivity index (χ2v) is 3.52. The summed E-state index contributed by atoms with van der Waals surface area (Å²) in [5, 5.41) is 18.1. The van der Waals surface area contributed by atoms with Gasteiger partial charge in [-0.05, 0) is 26.7 Å². The van der Waals surface area contributed by atoms with E-state index in [0.29, 0.717) is 26.1 Å². The van der Waals surface area contributed by atoms with Gasteiger partial charge in [-0.25, -0.2) is 0 Å². The highest BCUT2D eigenvalue weighted by molar-refractivity contribution is 4.50. The van der Waals surface area contributed by atoms with E-state index >= 15 is 0 Å². The van der Waals surface area contributed by atoms with Crippen LogP contribution in [0.1, 0.15) is 33.6 Å². The molecule has 0 rings (SSSR count). The fraction of sp³-hybridized carbons (Fsp3) is 1.00. The molecule has 3 unspecified atom stereocenters. The van der Waals surface area contributed by atoms with Gasteiger partial charge in [-0.15, -0.1) is 0 Å². The lowest BCUT2D eigenvalue weighted by Gasteiger charge is -2.17. The van der Waals surface area contributed by atoms with Crippen molar-refractivity contribution < 1.29 is 19.7 Å². The second kappa shape index (κ2) is 8.17. The summed E-state index contributed by atoms with van der Waals surface area (Å²) in [5.41, 5.74) is 0. The van der Waals surface area contributed by atoms with Gasteiger partial charge in [0.15, 0.2) is 6.29 Å². The molecule has 0 aliphatic heterocycles. The van der Waals surface area contributed by atoms with Crippen LogP contribution in [0.15, 0.2) is 0 Å². The molecule has 0 radical (unpaired) electrons. The van der Waals surface area contributed by atoms with E-state index in [-0.39, 0.29) is 12.2 Å². The van der Waals surface area contributed by atoms with Crippen LogP contribution in [0.3, 0.4) is 0 Å². The summed E-state index contributed by atoms with van der Waals surface area (Å²) < 4.78 is 10.4. The minimum absolute atomic E-state index is 0.112. The van der Waals surface area contributed by atoms with Crippen molar-refractivity contribution in [1.82, 2.24) is 0 Å². The average molecular weight is 206 g/mol. The average Bonchev–Trinajstić information content (AvgIpc) is 2.12. The van der Waals surface area contributed by atoms with Crippen molar-refractivity contribution in [3.05, 3.63) is 0 Å². The molecule has 0 aromatic heterocycles. The maximum atomic E-state index is 9.16. The highest BCUT2D eigenvalue weighted by atomic mass is 16.6. The van der Waals surface area contributed by atoms with Gasteiger partial charge in [0.25, 0.3) is 0 Å². The summed E-state index contributed by atoms with van der Waals surface area (Å²) >= 11 is 0. The Hall–Kier alpha value is -0.160. The number of ether oxygens (including phenoxy) is 2. The van der Waals surface area contributed by atoms with E-state index in [2.05, 4.69) is 0 Å². The number of rotatable bonds is 8. The quantitative estimate of drug-likeness (QED) is 0.458. The summed E-state index contributed by atoms with van der Waals surface area (Å²) in [6.07, 6.45) is 0.0675. The third kappa shape index (κ3) is 8.44. The van der Waals surface area contributed by atoms with Crippen LogP contribution in [0.4, 0.5) is 0 Å². The Bertz CT molecular complexity index is 127. The normalized spacial score (nSPS) is 17.8. The van der Waals surface area contributed by atoms with Crippen LogP contribution < -0.4 is 0 Å². The third-order valence-corrected chi connectivity index (χ3v) is 1.77. The fourth-order valence-electron chi connectivity index (χ4n) is 0.907. The first-order valence-electron chi connectivity index (χ1n) is 5.15. The standard InChI is InChI=1S/C10H22O4/c1-4-10(12)14-9(3)7-13-6-5-8(2)11/h8-12H,4-7H2,1-3H3. The number of hydrogen-bond acceptors (Lipinski definition) is 4. The fourth-order valence-corrected chi connectivity index (χ4v) is 0.907. The van der Waals surface area contributed by atoms with Crippen molar-refractivity contribution >= 4 is 0 Å². The summed E-state index contributed by atoms with van der Waals surface area (Å²) in [4.78, 5) is 0. The van der Waals surface area contributed by atoms with Crippen molar-refractivity contribution in [2.75, 3.05) is 13.2 Å². The maximum absolute atomic E-state index is 9.16. The topological polar surface area (TPSA) is 58.9 Å². The van der Waals surface area contributed by atoms with Gasteiger partial charge in [0, 0.05) is 6.61 Å². The largest absolute Gasteiger partial charge is 0.393 e. The minimum atomic E-state index is -0.703. The molecule has 0 saturated carbocycles. The molecular formula is C10H22O4. The van der Waals surface area contributed by atoms with E-state index in [4.69, 9.17) is 19.7 Å². The zero-order chi connectivity index (χ0) is 11.0. The van der Waals surface area contributed by atoms with Gasteiger partial charge in [0.05, 0.1) is 18.8 Å². The zero-order valence-electron chi connectivity index (χ0n) is 9.27. The van der Waals surface area contributed by atoms with Crippen molar-refractivity contribution in [2.45, 2.75) is 52.1 Å². The van der Waals surface area contributed by atoms with E-state index in [9.17, 15) is 0 Å². The molecule has 3 atom stereocenters. The zero-order valence-corrected chi connectivity index (χ0v) is 9.27. The second-order valence-electron chi connectivity index (χ2n) is 3.52. The Morgan fingerprint density at radius 3 is 2.36 bits per heavy atom. The van der Waals surface area contributed by atoms with Crippen LogP contribution in [-0.4, -0.2) is 41.9 Å². The summed E-state index contributed by atoms with van der Waals surface area (Å²) in [5.74, 6) is 0. The predicted molar refractivity (Wildman–Crippen MR) is 54.0 cm³/mol. The van der Waals surface area contributed by atoms with Crippen LogP contribution in [0.2, 0.25) is 0 Å². The van der Waals surface area contributed by atoms with Crippen LogP contribution in [0.5, 0.6) is 0 Å². The Morgan fingerprint density at radius 2 is 1.86 bits per heavy atom. The first kappa shape index (κ1) is 13.8. The lowest BCUT2D eigenvalue weighted by Crippen LogP contribution is -2.23. The molecule has 0 spiro atoms. The molecule has 86 valence electrons. The van der Waals surface area contributed by atoms with Crippen molar-refractivity contribution in [3.63, 3.8) is 0 Å². The lowest BCUT2D eigenvalue weighted by molar-refractivity contribution is -0.147. The number of aliphatic hydroxyl groups excluding tert-OH is 2. The molecule has 2 N–H and O–H groups in total. The molecular weight excluding hydrogens is 184 g/mol. The van der Waals surface area contributed by atoms with E-state index in [1.807, 2.05) is 13.8 Å². The Labute approximate surface area is 85.8 Å². The van der Waals surface area contributed by atoms with Gasteiger partial charge in [0.1, 0.15) is 0 Å². The third-order valence-electron chi connectivity index (χ3n) is 1.77. The molecule has 4 nitrogen and oxygen atoms in total. The highest BCUT2D eigenvalue weighted by Crippen LogP contribution is 2.00. The molecule has 4 heteroatoms. The summed E-state index contributed by atoms with van der Waals surface area (Å²) in [6.45, 7) is 6.40. The number of hydrogen-bond donors (Lipinski definition) is 2. The van der Waals surface area contributed by atoms with Gasteiger partial charge in [-0.1, -0.05) is 6.92 Å². The van der Waals surface area contributed by atoms with E-state index < -0.39 is 6.29 Å².